The van der Waals surface area contributed by atoms with E-state index in [4.69, 9.17) is 10.7 Å². The smallest absolute Gasteiger partial charge is 0.127 e. The van der Waals surface area contributed by atoms with Gasteiger partial charge in [-0.25, -0.2) is 4.98 Å². The molecule has 2 saturated carbocycles. The number of hydrogen-bond donors (Lipinski definition) is 1. The SMILES string of the molecule is Nc1c(CCc2ccccc2)nc(C2CC2)n1C1CC1. The minimum atomic E-state index is 0.642. The number of hydrogen-bond acceptors (Lipinski definition) is 2. The second kappa shape index (κ2) is 4.65. The number of imidazole rings is 1. The van der Waals surface area contributed by atoms with Gasteiger partial charge in [0, 0.05) is 12.0 Å². The van der Waals surface area contributed by atoms with Crippen LogP contribution in [0.25, 0.3) is 0 Å². The fourth-order valence-corrected chi connectivity index (χ4v) is 2.95. The Bertz CT molecular complexity index is 607. The Morgan fingerprint density at radius 2 is 1.80 bits per heavy atom. The molecule has 0 saturated heterocycles. The van der Waals surface area contributed by atoms with Crippen LogP contribution in [-0.2, 0) is 12.8 Å². The molecule has 2 aliphatic rings. The van der Waals surface area contributed by atoms with Gasteiger partial charge in [0.05, 0.1) is 5.69 Å². The van der Waals surface area contributed by atoms with Crippen molar-refractivity contribution >= 4 is 5.82 Å². The third-order valence-corrected chi connectivity index (χ3v) is 4.40. The molecule has 2 N–H and O–H groups in total. The predicted molar refractivity (Wildman–Crippen MR) is 80.7 cm³/mol. The van der Waals surface area contributed by atoms with E-state index in [1.165, 1.54) is 37.1 Å². The van der Waals surface area contributed by atoms with Gasteiger partial charge in [-0.15, -0.1) is 0 Å². The Hall–Kier alpha value is -1.77. The molecule has 0 radical (unpaired) electrons. The first-order valence-electron chi connectivity index (χ1n) is 7.73. The first-order chi connectivity index (χ1) is 9.83. The number of aryl methyl sites for hydroxylation is 2. The van der Waals surface area contributed by atoms with Crippen molar-refractivity contribution in [3.8, 4) is 0 Å². The summed E-state index contributed by atoms with van der Waals surface area (Å²) < 4.78 is 2.35. The van der Waals surface area contributed by atoms with Crippen LogP contribution >= 0.6 is 0 Å². The van der Waals surface area contributed by atoms with Gasteiger partial charge in [-0.2, -0.15) is 0 Å². The number of nitrogens with zero attached hydrogens (tertiary/aromatic N) is 2. The molecule has 20 heavy (non-hydrogen) atoms. The zero-order valence-electron chi connectivity index (χ0n) is 11.8. The van der Waals surface area contributed by atoms with E-state index in [9.17, 15) is 0 Å². The van der Waals surface area contributed by atoms with Crippen LogP contribution in [0.4, 0.5) is 5.82 Å². The van der Waals surface area contributed by atoms with Crippen molar-refractivity contribution in [3.05, 3.63) is 47.4 Å². The molecule has 104 valence electrons. The first kappa shape index (κ1) is 12.0. The standard InChI is InChI=1S/C17H21N3/c18-16-15(11-6-12-4-2-1-3-5-12)19-17(13-7-8-13)20(16)14-9-10-14/h1-5,13-14H,6-11,18H2. The van der Waals surface area contributed by atoms with Crippen molar-refractivity contribution in [1.29, 1.82) is 0 Å². The molecule has 0 unspecified atom stereocenters. The van der Waals surface area contributed by atoms with Gasteiger partial charge >= 0.3 is 0 Å². The molecule has 0 spiro atoms. The number of aromatic nitrogens is 2. The molecule has 3 heteroatoms. The van der Waals surface area contributed by atoms with Crippen molar-refractivity contribution in [2.75, 3.05) is 5.73 Å². The van der Waals surface area contributed by atoms with Gasteiger partial charge < -0.3 is 10.3 Å². The van der Waals surface area contributed by atoms with Gasteiger partial charge in [0.15, 0.2) is 0 Å². The second-order valence-corrected chi connectivity index (χ2v) is 6.16. The van der Waals surface area contributed by atoms with Crippen molar-refractivity contribution in [2.24, 2.45) is 0 Å². The monoisotopic (exact) mass is 267 g/mol. The Morgan fingerprint density at radius 1 is 1.05 bits per heavy atom. The Kier molecular flexibility index (Phi) is 2.79. The molecule has 1 aromatic carbocycles. The molecule has 2 aromatic rings. The van der Waals surface area contributed by atoms with E-state index < -0.39 is 0 Å². The second-order valence-electron chi connectivity index (χ2n) is 6.16. The van der Waals surface area contributed by atoms with Gasteiger partial charge in [-0.05, 0) is 44.1 Å². The van der Waals surface area contributed by atoms with Crippen LogP contribution in [0.1, 0.15) is 54.7 Å². The molecule has 1 aromatic heterocycles. The Balaban J connectivity index is 1.57. The van der Waals surface area contributed by atoms with E-state index in [-0.39, 0.29) is 0 Å². The molecule has 2 fully saturated rings. The van der Waals surface area contributed by atoms with Gasteiger partial charge in [0.25, 0.3) is 0 Å². The van der Waals surface area contributed by atoms with Gasteiger partial charge in [0.2, 0.25) is 0 Å². The summed E-state index contributed by atoms with van der Waals surface area (Å²) in [6.07, 6.45) is 7.12. The third-order valence-electron chi connectivity index (χ3n) is 4.40. The molecular formula is C17H21N3. The highest BCUT2D eigenvalue weighted by molar-refractivity contribution is 5.41. The number of anilines is 1. The summed E-state index contributed by atoms with van der Waals surface area (Å²) in [5, 5.41) is 0. The van der Waals surface area contributed by atoms with E-state index in [2.05, 4.69) is 34.9 Å². The molecule has 0 bridgehead atoms. The quantitative estimate of drug-likeness (QED) is 0.901. The number of rotatable bonds is 5. The highest BCUT2D eigenvalue weighted by Gasteiger charge is 2.36. The molecule has 0 aliphatic heterocycles. The molecular weight excluding hydrogens is 246 g/mol. The highest BCUT2D eigenvalue weighted by atomic mass is 15.2. The average Bonchev–Trinajstić information content (AvgIpc) is 3.36. The lowest BCUT2D eigenvalue weighted by Gasteiger charge is -2.07. The summed E-state index contributed by atoms with van der Waals surface area (Å²) in [5.41, 5.74) is 8.85. The summed E-state index contributed by atoms with van der Waals surface area (Å²) in [4.78, 5) is 4.89. The fraction of sp³-hybridized carbons (Fsp3) is 0.471. The maximum Gasteiger partial charge on any atom is 0.127 e. The summed E-state index contributed by atoms with van der Waals surface area (Å²) >= 11 is 0. The van der Waals surface area contributed by atoms with Crippen LogP contribution < -0.4 is 5.73 Å². The number of benzene rings is 1. The maximum absolute atomic E-state index is 6.38. The maximum atomic E-state index is 6.38. The van der Waals surface area contributed by atoms with Crippen LogP contribution in [0.3, 0.4) is 0 Å². The van der Waals surface area contributed by atoms with Gasteiger partial charge in [-0.1, -0.05) is 30.3 Å². The van der Waals surface area contributed by atoms with E-state index in [1.54, 1.807) is 0 Å². The highest BCUT2D eigenvalue weighted by Crippen LogP contribution is 2.46. The lowest BCUT2D eigenvalue weighted by molar-refractivity contribution is 0.691. The van der Waals surface area contributed by atoms with Crippen LogP contribution in [0.2, 0.25) is 0 Å². The zero-order chi connectivity index (χ0) is 13.5. The average molecular weight is 267 g/mol. The number of nitrogens with two attached hydrogens (primary N) is 1. The summed E-state index contributed by atoms with van der Waals surface area (Å²) in [5.74, 6) is 2.89. The Labute approximate surface area is 119 Å². The van der Waals surface area contributed by atoms with E-state index in [0.717, 1.165) is 24.4 Å². The predicted octanol–water partition coefficient (Wildman–Crippen LogP) is 3.46. The van der Waals surface area contributed by atoms with Crippen molar-refractivity contribution in [1.82, 2.24) is 9.55 Å². The van der Waals surface area contributed by atoms with Crippen LogP contribution in [0.15, 0.2) is 30.3 Å². The van der Waals surface area contributed by atoms with Crippen LogP contribution in [-0.4, -0.2) is 9.55 Å². The molecule has 1 heterocycles. The van der Waals surface area contributed by atoms with Crippen molar-refractivity contribution in [2.45, 2.75) is 50.5 Å². The lowest BCUT2D eigenvalue weighted by Crippen LogP contribution is -2.05. The molecule has 2 aliphatic carbocycles. The van der Waals surface area contributed by atoms with E-state index in [0.29, 0.717) is 12.0 Å². The normalized spacial score (nSPS) is 18.4. The molecule has 0 atom stereocenters. The lowest BCUT2D eigenvalue weighted by atomic mass is 10.1. The minimum absolute atomic E-state index is 0.642. The molecule has 0 amide bonds. The summed E-state index contributed by atoms with van der Waals surface area (Å²) in [6, 6.07) is 11.2. The fourth-order valence-electron chi connectivity index (χ4n) is 2.95. The van der Waals surface area contributed by atoms with Crippen molar-refractivity contribution < 1.29 is 0 Å². The molecule has 4 rings (SSSR count). The van der Waals surface area contributed by atoms with E-state index in [1.807, 2.05) is 0 Å². The first-order valence-corrected chi connectivity index (χ1v) is 7.73. The third kappa shape index (κ3) is 2.21. The van der Waals surface area contributed by atoms with Crippen LogP contribution in [0, 0.1) is 0 Å². The minimum Gasteiger partial charge on any atom is -0.384 e. The molecule has 3 nitrogen and oxygen atoms in total. The van der Waals surface area contributed by atoms with Gasteiger partial charge in [-0.3, -0.25) is 0 Å². The zero-order valence-corrected chi connectivity index (χ0v) is 11.8. The van der Waals surface area contributed by atoms with Gasteiger partial charge in [0.1, 0.15) is 11.6 Å². The number of nitrogen functional groups attached to an aromatic ring is 1. The Morgan fingerprint density at radius 3 is 2.45 bits per heavy atom. The van der Waals surface area contributed by atoms with E-state index >= 15 is 0 Å². The largest absolute Gasteiger partial charge is 0.384 e. The summed E-state index contributed by atoms with van der Waals surface area (Å²) in [7, 11) is 0. The van der Waals surface area contributed by atoms with Crippen molar-refractivity contribution in [3.63, 3.8) is 0 Å². The van der Waals surface area contributed by atoms with Crippen LogP contribution in [0.5, 0.6) is 0 Å². The summed E-state index contributed by atoms with van der Waals surface area (Å²) in [6.45, 7) is 0. The topological polar surface area (TPSA) is 43.8 Å².